The number of benzene rings is 1. The molecule has 1 fully saturated rings. The molecule has 0 spiro atoms. The molecule has 1 aliphatic heterocycles. The molecule has 3 rings (SSSR count). The zero-order valence-electron chi connectivity index (χ0n) is 12.4. The number of hydrogen-bond acceptors (Lipinski definition) is 2. The molecule has 0 saturated carbocycles. The van der Waals surface area contributed by atoms with Crippen molar-refractivity contribution < 1.29 is 4.74 Å². The third kappa shape index (κ3) is 2.41. The van der Waals surface area contributed by atoms with E-state index >= 15 is 0 Å². The van der Waals surface area contributed by atoms with Crippen LogP contribution in [0.4, 0.5) is 0 Å². The van der Waals surface area contributed by atoms with Crippen molar-refractivity contribution in [1.29, 1.82) is 5.41 Å². The summed E-state index contributed by atoms with van der Waals surface area (Å²) in [5.41, 5.74) is 3.85. The first-order valence-electron chi connectivity index (χ1n) is 7.84. The van der Waals surface area contributed by atoms with Gasteiger partial charge < -0.3 is 9.64 Å². The fourth-order valence-corrected chi connectivity index (χ4v) is 3.54. The smallest absolute Gasteiger partial charge is 0.128 e. The van der Waals surface area contributed by atoms with Crippen molar-refractivity contribution in [3.8, 4) is 5.75 Å². The molecule has 1 N–H and O–H groups in total. The van der Waals surface area contributed by atoms with E-state index in [0.29, 0.717) is 0 Å². The standard InChI is InChI=1S/C17H24N2O/c1-20-16-10-9-15(13-7-3-4-8-14(13)16)17(18)19-11-5-2-6-12-19/h9-10,18H,2-8,11-12H2,1H3. The van der Waals surface area contributed by atoms with Crippen LogP contribution in [0.25, 0.3) is 0 Å². The molecule has 0 unspecified atom stereocenters. The van der Waals surface area contributed by atoms with Gasteiger partial charge in [-0.25, -0.2) is 0 Å². The van der Waals surface area contributed by atoms with Crippen LogP contribution in [0.3, 0.4) is 0 Å². The largest absolute Gasteiger partial charge is 0.496 e. The van der Waals surface area contributed by atoms with Crippen LogP contribution in [-0.2, 0) is 12.8 Å². The molecule has 0 atom stereocenters. The van der Waals surface area contributed by atoms with E-state index < -0.39 is 0 Å². The molecule has 0 radical (unpaired) electrons. The first-order chi connectivity index (χ1) is 9.81. The SMILES string of the molecule is COc1ccc(C(=N)N2CCCCC2)c2c1CCCC2. The molecule has 2 aliphatic rings. The van der Waals surface area contributed by atoms with Crippen LogP contribution in [0.15, 0.2) is 12.1 Å². The molecule has 0 bridgehead atoms. The number of piperidine rings is 1. The van der Waals surface area contributed by atoms with Gasteiger partial charge in [-0.2, -0.15) is 0 Å². The number of nitrogens with one attached hydrogen (secondary N) is 1. The number of nitrogens with zero attached hydrogens (tertiary/aromatic N) is 1. The highest BCUT2D eigenvalue weighted by Gasteiger charge is 2.22. The van der Waals surface area contributed by atoms with E-state index in [0.717, 1.165) is 43.1 Å². The normalized spacial score (nSPS) is 18.6. The van der Waals surface area contributed by atoms with E-state index in [2.05, 4.69) is 17.0 Å². The van der Waals surface area contributed by atoms with E-state index in [1.807, 2.05) is 0 Å². The molecule has 108 valence electrons. The van der Waals surface area contributed by atoms with E-state index in [9.17, 15) is 0 Å². The third-order valence-corrected chi connectivity index (χ3v) is 4.64. The Kier molecular flexibility index (Phi) is 3.95. The maximum absolute atomic E-state index is 8.58. The Balaban J connectivity index is 1.94. The van der Waals surface area contributed by atoms with Gasteiger partial charge in [0.25, 0.3) is 0 Å². The Morgan fingerprint density at radius 2 is 1.70 bits per heavy atom. The Hall–Kier alpha value is -1.51. The average Bonchev–Trinajstić information content (AvgIpc) is 2.54. The van der Waals surface area contributed by atoms with E-state index in [1.165, 1.54) is 43.2 Å². The van der Waals surface area contributed by atoms with Crippen molar-refractivity contribution in [1.82, 2.24) is 4.90 Å². The Morgan fingerprint density at radius 1 is 1.00 bits per heavy atom. The van der Waals surface area contributed by atoms with Crippen molar-refractivity contribution >= 4 is 5.84 Å². The molecular weight excluding hydrogens is 248 g/mol. The summed E-state index contributed by atoms with van der Waals surface area (Å²) in [6, 6.07) is 4.15. The lowest BCUT2D eigenvalue weighted by Crippen LogP contribution is -2.36. The van der Waals surface area contributed by atoms with Gasteiger partial charge in [0, 0.05) is 18.7 Å². The summed E-state index contributed by atoms with van der Waals surface area (Å²) in [5.74, 6) is 1.74. The maximum Gasteiger partial charge on any atom is 0.128 e. The van der Waals surface area contributed by atoms with Crippen molar-refractivity contribution in [2.24, 2.45) is 0 Å². The topological polar surface area (TPSA) is 36.3 Å². The number of fused-ring (bicyclic) bond motifs is 1. The average molecular weight is 272 g/mol. The Labute approximate surface area is 121 Å². The van der Waals surface area contributed by atoms with Gasteiger partial charge in [0.2, 0.25) is 0 Å². The minimum atomic E-state index is 0.727. The summed E-state index contributed by atoms with van der Waals surface area (Å²) in [7, 11) is 1.75. The summed E-state index contributed by atoms with van der Waals surface area (Å²) in [4.78, 5) is 2.25. The highest BCUT2D eigenvalue weighted by Crippen LogP contribution is 2.33. The van der Waals surface area contributed by atoms with Gasteiger partial charge in [0.15, 0.2) is 0 Å². The van der Waals surface area contributed by atoms with E-state index in [-0.39, 0.29) is 0 Å². The predicted molar refractivity (Wildman–Crippen MR) is 81.9 cm³/mol. The fourth-order valence-electron chi connectivity index (χ4n) is 3.54. The molecule has 1 heterocycles. The summed E-state index contributed by atoms with van der Waals surface area (Å²) in [6.45, 7) is 2.08. The monoisotopic (exact) mass is 272 g/mol. The van der Waals surface area contributed by atoms with Crippen LogP contribution in [-0.4, -0.2) is 30.9 Å². The second kappa shape index (κ2) is 5.86. The van der Waals surface area contributed by atoms with Gasteiger partial charge >= 0.3 is 0 Å². The van der Waals surface area contributed by atoms with Gasteiger partial charge in [-0.15, -0.1) is 0 Å². The lowest BCUT2D eigenvalue weighted by molar-refractivity contribution is 0.340. The number of hydrogen-bond donors (Lipinski definition) is 1. The zero-order chi connectivity index (χ0) is 13.9. The second-order valence-electron chi connectivity index (χ2n) is 5.88. The minimum Gasteiger partial charge on any atom is -0.496 e. The fraction of sp³-hybridized carbons (Fsp3) is 0.588. The Bertz CT molecular complexity index is 504. The third-order valence-electron chi connectivity index (χ3n) is 4.64. The molecule has 1 aromatic rings. The van der Waals surface area contributed by atoms with Gasteiger partial charge in [0.05, 0.1) is 7.11 Å². The van der Waals surface area contributed by atoms with Crippen molar-refractivity contribution in [3.05, 3.63) is 28.8 Å². The van der Waals surface area contributed by atoms with Gasteiger partial charge in [-0.05, 0) is 68.2 Å². The second-order valence-corrected chi connectivity index (χ2v) is 5.88. The Morgan fingerprint density at radius 3 is 2.40 bits per heavy atom. The number of ether oxygens (including phenoxy) is 1. The van der Waals surface area contributed by atoms with Crippen LogP contribution in [0, 0.1) is 5.41 Å². The predicted octanol–water partition coefficient (Wildman–Crippen LogP) is 3.39. The quantitative estimate of drug-likeness (QED) is 0.662. The van der Waals surface area contributed by atoms with E-state index in [4.69, 9.17) is 10.1 Å². The molecule has 0 amide bonds. The first kappa shape index (κ1) is 13.5. The number of likely N-dealkylation sites (tertiary alicyclic amines) is 1. The van der Waals surface area contributed by atoms with Crippen LogP contribution in [0.2, 0.25) is 0 Å². The minimum absolute atomic E-state index is 0.727. The van der Waals surface area contributed by atoms with Gasteiger partial charge in [-0.1, -0.05) is 0 Å². The number of methoxy groups -OCH3 is 1. The summed E-state index contributed by atoms with van der Waals surface area (Å²) in [6.07, 6.45) is 8.42. The summed E-state index contributed by atoms with van der Waals surface area (Å²) in [5, 5.41) is 8.58. The molecule has 20 heavy (non-hydrogen) atoms. The lowest BCUT2D eigenvalue weighted by Gasteiger charge is -2.31. The molecule has 1 aliphatic carbocycles. The molecule has 3 nitrogen and oxygen atoms in total. The lowest BCUT2D eigenvalue weighted by atomic mass is 9.86. The zero-order valence-corrected chi connectivity index (χ0v) is 12.4. The first-order valence-corrected chi connectivity index (χ1v) is 7.84. The molecular formula is C17H24N2O. The summed E-state index contributed by atoms with van der Waals surface area (Å²) >= 11 is 0. The molecule has 1 aromatic carbocycles. The molecule has 1 saturated heterocycles. The van der Waals surface area contributed by atoms with Crippen LogP contribution < -0.4 is 4.74 Å². The molecule has 3 heteroatoms. The highest BCUT2D eigenvalue weighted by atomic mass is 16.5. The summed E-state index contributed by atoms with van der Waals surface area (Å²) < 4.78 is 5.51. The van der Waals surface area contributed by atoms with Crippen molar-refractivity contribution in [2.45, 2.75) is 44.9 Å². The molecule has 0 aromatic heterocycles. The van der Waals surface area contributed by atoms with Crippen molar-refractivity contribution in [3.63, 3.8) is 0 Å². The van der Waals surface area contributed by atoms with E-state index in [1.54, 1.807) is 7.11 Å². The van der Waals surface area contributed by atoms with Crippen molar-refractivity contribution in [2.75, 3.05) is 20.2 Å². The number of rotatable bonds is 2. The van der Waals surface area contributed by atoms with Gasteiger partial charge in [0.1, 0.15) is 11.6 Å². The maximum atomic E-state index is 8.58. The van der Waals surface area contributed by atoms with Gasteiger partial charge in [-0.3, -0.25) is 5.41 Å². The van der Waals surface area contributed by atoms with Crippen LogP contribution >= 0.6 is 0 Å². The van der Waals surface area contributed by atoms with Crippen LogP contribution in [0.1, 0.15) is 48.8 Å². The number of amidine groups is 1. The van der Waals surface area contributed by atoms with Crippen LogP contribution in [0.5, 0.6) is 5.75 Å². The highest BCUT2D eigenvalue weighted by molar-refractivity contribution is 5.98.